The number of benzene rings is 1. The second kappa shape index (κ2) is 8.20. The van der Waals surface area contributed by atoms with Crippen LogP contribution >= 0.6 is 11.8 Å². The normalized spacial score (nSPS) is 12.2. The topological polar surface area (TPSA) is 26.3 Å². The van der Waals surface area contributed by atoms with E-state index < -0.39 is 0 Å². The van der Waals surface area contributed by atoms with Crippen LogP contribution in [0.2, 0.25) is 0 Å². The Bertz CT molecular complexity index is 377. The maximum absolute atomic E-state index is 12.2. The van der Waals surface area contributed by atoms with Crippen molar-refractivity contribution >= 4 is 17.5 Å². The molecule has 0 spiro atoms. The average molecular weight is 266 g/mol. The van der Waals surface area contributed by atoms with Crippen LogP contribution in [0.1, 0.15) is 37.0 Å². The molecule has 0 bridgehead atoms. The van der Waals surface area contributed by atoms with Crippen molar-refractivity contribution < 1.29 is 9.53 Å². The minimum absolute atomic E-state index is 0.0922. The lowest BCUT2D eigenvalue weighted by molar-refractivity contribution is 0.0923. The van der Waals surface area contributed by atoms with Gasteiger partial charge in [0.05, 0.1) is 7.11 Å². The molecule has 1 atom stereocenters. The van der Waals surface area contributed by atoms with Crippen molar-refractivity contribution in [2.24, 2.45) is 5.92 Å². The SMILES string of the molecule is CCSCCCC(C)C(=O)c1cccc(OC)c1. The zero-order chi connectivity index (χ0) is 13.4. The van der Waals surface area contributed by atoms with Gasteiger partial charge in [0.25, 0.3) is 0 Å². The maximum Gasteiger partial charge on any atom is 0.165 e. The van der Waals surface area contributed by atoms with Crippen LogP contribution in [0.4, 0.5) is 0 Å². The van der Waals surface area contributed by atoms with Gasteiger partial charge in [0, 0.05) is 11.5 Å². The first-order valence-corrected chi connectivity index (χ1v) is 7.60. The van der Waals surface area contributed by atoms with Crippen LogP contribution in [0.25, 0.3) is 0 Å². The third kappa shape index (κ3) is 4.73. The van der Waals surface area contributed by atoms with E-state index in [1.165, 1.54) is 0 Å². The van der Waals surface area contributed by atoms with Gasteiger partial charge in [-0.3, -0.25) is 4.79 Å². The molecule has 2 nitrogen and oxygen atoms in total. The molecule has 0 aliphatic carbocycles. The van der Waals surface area contributed by atoms with Crippen LogP contribution in [0.15, 0.2) is 24.3 Å². The quantitative estimate of drug-likeness (QED) is 0.524. The smallest absolute Gasteiger partial charge is 0.165 e. The van der Waals surface area contributed by atoms with E-state index in [-0.39, 0.29) is 11.7 Å². The summed E-state index contributed by atoms with van der Waals surface area (Å²) in [4.78, 5) is 12.2. The Morgan fingerprint density at radius 2 is 2.22 bits per heavy atom. The summed E-state index contributed by atoms with van der Waals surface area (Å²) < 4.78 is 5.14. The monoisotopic (exact) mass is 266 g/mol. The molecule has 1 aromatic rings. The largest absolute Gasteiger partial charge is 0.497 e. The van der Waals surface area contributed by atoms with Gasteiger partial charge in [-0.15, -0.1) is 0 Å². The first-order valence-electron chi connectivity index (χ1n) is 6.45. The molecular formula is C15H22O2S. The van der Waals surface area contributed by atoms with E-state index >= 15 is 0 Å². The molecule has 0 heterocycles. The van der Waals surface area contributed by atoms with Gasteiger partial charge in [-0.05, 0) is 36.5 Å². The zero-order valence-electron chi connectivity index (χ0n) is 11.4. The standard InChI is InChI=1S/C15H22O2S/c1-4-18-10-6-7-12(2)15(16)13-8-5-9-14(11-13)17-3/h5,8-9,11-12H,4,6-7,10H2,1-3H3. The van der Waals surface area contributed by atoms with Gasteiger partial charge in [-0.25, -0.2) is 0 Å². The Morgan fingerprint density at radius 1 is 1.44 bits per heavy atom. The molecule has 0 aliphatic rings. The molecule has 0 saturated carbocycles. The molecule has 0 saturated heterocycles. The molecule has 0 radical (unpaired) electrons. The number of carbonyl (C=O) groups excluding carboxylic acids is 1. The molecule has 100 valence electrons. The van der Waals surface area contributed by atoms with Gasteiger partial charge in [-0.1, -0.05) is 26.0 Å². The lowest BCUT2D eigenvalue weighted by Crippen LogP contribution is -2.11. The fraction of sp³-hybridized carbons (Fsp3) is 0.533. The molecule has 1 aromatic carbocycles. The van der Waals surface area contributed by atoms with E-state index in [0.717, 1.165) is 35.7 Å². The Hall–Kier alpha value is -0.960. The third-order valence-corrected chi connectivity index (χ3v) is 3.92. The summed E-state index contributed by atoms with van der Waals surface area (Å²) in [6, 6.07) is 7.41. The van der Waals surface area contributed by atoms with Crippen LogP contribution < -0.4 is 4.74 Å². The molecule has 0 fully saturated rings. The zero-order valence-corrected chi connectivity index (χ0v) is 12.3. The van der Waals surface area contributed by atoms with Crippen molar-refractivity contribution in [2.75, 3.05) is 18.6 Å². The van der Waals surface area contributed by atoms with E-state index in [1.807, 2.05) is 43.0 Å². The number of ether oxygens (including phenoxy) is 1. The Balaban J connectivity index is 2.51. The molecule has 0 N–H and O–H groups in total. The predicted molar refractivity (Wildman–Crippen MR) is 78.7 cm³/mol. The Morgan fingerprint density at radius 3 is 2.89 bits per heavy atom. The van der Waals surface area contributed by atoms with Gasteiger partial charge < -0.3 is 4.74 Å². The predicted octanol–water partition coefficient (Wildman–Crippen LogP) is 4.05. The van der Waals surface area contributed by atoms with Gasteiger partial charge in [0.1, 0.15) is 5.75 Å². The number of hydrogen-bond donors (Lipinski definition) is 0. The molecule has 1 rings (SSSR count). The fourth-order valence-corrected chi connectivity index (χ4v) is 2.49. The van der Waals surface area contributed by atoms with Crippen molar-refractivity contribution in [2.45, 2.75) is 26.7 Å². The second-order valence-electron chi connectivity index (χ2n) is 4.34. The first kappa shape index (κ1) is 15.1. The van der Waals surface area contributed by atoms with Crippen molar-refractivity contribution in [3.63, 3.8) is 0 Å². The Labute approximate surface area is 114 Å². The highest BCUT2D eigenvalue weighted by Gasteiger charge is 2.15. The molecule has 3 heteroatoms. The number of methoxy groups -OCH3 is 1. The van der Waals surface area contributed by atoms with E-state index in [2.05, 4.69) is 6.92 Å². The summed E-state index contributed by atoms with van der Waals surface area (Å²) in [7, 11) is 1.62. The van der Waals surface area contributed by atoms with Gasteiger partial charge >= 0.3 is 0 Å². The summed E-state index contributed by atoms with van der Waals surface area (Å²) in [6.07, 6.45) is 2.07. The van der Waals surface area contributed by atoms with Crippen molar-refractivity contribution in [3.8, 4) is 5.75 Å². The van der Waals surface area contributed by atoms with Crippen LogP contribution in [0.3, 0.4) is 0 Å². The lowest BCUT2D eigenvalue weighted by atomic mass is 9.95. The second-order valence-corrected chi connectivity index (χ2v) is 5.73. The lowest BCUT2D eigenvalue weighted by Gasteiger charge is -2.11. The number of rotatable bonds is 8. The van der Waals surface area contributed by atoms with Crippen molar-refractivity contribution in [3.05, 3.63) is 29.8 Å². The van der Waals surface area contributed by atoms with Crippen LogP contribution in [0.5, 0.6) is 5.75 Å². The molecule has 18 heavy (non-hydrogen) atoms. The first-order chi connectivity index (χ1) is 8.69. The third-order valence-electron chi connectivity index (χ3n) is 2.93. The van der Waals surface area contributed by atoms with Crippen molar-refractivity contribution in [1.82, 2.24) is 0 Å². The number of carbonyl (C=O) groups is 1. The van der Waals surface area contributed by atoms with Gasteiger partial charge in [0.2, 0.25) is 0 Å². The number of Topliss-reactive ketones (excluding diaryl/α,β-unsaturated/α-hetero) is 1. The fourth-order valence-electron chi connectivity index (χ4n) is 1.83. The van der Waals surface area contributed by atoms with Crippen molar-refractivity contribution in [1.29, 1.82) is 0 Å². The van der Waals surface area contributed by atoms with Crippen LogP contribution in [-0.4, -0.2) is 24.4 Å². The number of hydrogen-bond acceptors (Lipinski definition) is 3. The molecular weight excluding hydrogens is 244 g/mol. The summed E-state index contributed by atoms with van der Waals surface area (Å²) in [5, 5.41) is 0. The average Bonchev–Trinajstić information content (AvgIpc) is 2.42. The van der Waals surface area contributed by atoms with E-state index in [9.17, 15) is 4.79 Å². The number of ketones is 1. The highest BCUT2D eigenvalue weighted by molar-refractivity contribution is 7.99. The van der Waals surface area contributed by atoms with Gasteiger partial charge in [0.15, 0.2) is 5.78 Å². The van der Waals surface area contributed by atoms with E-state index in [4.69, 9.17) is 4.74 Å². The number of thioether (sulfide) groups is 1. The van der Waals surface area contributed by atoms with Gasteiger partial charge in [-0.2, -0.15) is 11.8 Å². The Kier molecular flexibility index (Phi) is 6.88. The maximum atomic E-state index is 12.2. The minimum Gasteiger partial charge on any atom is -0.497 e. The summed E-state index contributed by atoms with van der Waals surface area (Å²) in [5.74, 6) is 3.35. The van der Waals surface area contributed by atoms with E-state index in [1.54, 1.807) is 7.11 Å². The highest BCUT2D eigenvalue weighted by atomic mass is 32.2. The molecule has 0 amide bonds. The summed E-state index contributed by atoms with van der Waals surface area (Å²) >= 11 is 1.93. The highest BCUT2D eigenvalue weighted by Crippen LogP contribution is 2.19. The summed E-state index contributed by atoms with van der Waals surface area (Å²) in [6.45, 7) is 4.17. The van der Waals surface area contributed by atoms with E-state index in [0.29, 0.717) is 0 Å². The van der Waals surface area contributed by atoms with Crippen LogP contribution in [0, 0.1) is 5.92 Å². The molecule has 1 unspecified atom stereocenters. The van der Waals surface area contributed by atoms with Crippen LogP contribution in [-0.2, 0) is 0 Å². The summed E-state index contributed by atoms with van der Waals surface area (Å²) in [5.41, 5.74) is 0.755. The molecule has 0 aromatic heterocycles. The molecule has 0 aliphatic heterocycles. The minimum atomic E-state index is 0.0922.